The predicted octanol–water partition coefficient (Wildman–Crippen LogP) is 3.99. The molecule has 0 radical (unpaired) electrons. The minimum absolute atomic E-state index is 0.218. The van der Waals surface area contributed by atoms with E-state index in [2.05, 4.69) is 13.0 Å². The van der Waals surface area contributed by atoms with Gasteiger partial charge in [-0.25, -0.2) is 0 Å². The Morgan fingerprint density at radius 2 is 2.12 bits per heavy atom. The third kappa shape index (κ3) is 4.82. The molecule has 1 aromatic rings. The van der Waals surface area contributed by atoms with E-state index in [0.29, 0.717) is 0 Å². The summed E-state index contributed by atoms with van der Waals surface area (Å²) in [4.78, 5) is 0. The fraction of sp³-hybridized carbons (Fsp3) is 0.429. The highest BCUT2D eigenvalue weighted by Gasteiger charge is 2.00. The van der Waals surface area contributed by atoms with E-state index in [9.17, 15) is 0 Å². The number of hydrogen-bond donors (Lipinski definition) is 1. The molecule has 1 atom stereocenters. The Labute approximate surface area is 103 Å². The summed E-state index contributed by atoms with van der Waals surface area (Å²) in [5.74, 6) is 0. The zero-order valence-electron chi connectivity index (χ0n) is 9.91. The van der Waals surface area contributed by atoms with Crippen LogP contribution < -0.4 is 0 Å². The van der Waals surface area contributed by atoms with Gasteiger partial charge >= 0.3 is 0 Å². The van der Waals surface area contributed by atoms with Crippen LogP contribution in [0.5, 0.6) is 0 Å². The Morgan fingerprint density at radius 1 is 1.44 bits per heavy atom. The third-order valence-corrected chi connectivity index (χ3v) is 2.87. The van der Waals surface area contributed by atoms with Gasteiger partial charge in [0.2, 0.25) is 0 Å². The highest BCUT2D eigenvalue weighted by atomic mass is 35.5. The average Bonchev–Trinajstić information content (AvgIpc) is 2.21. The van der Waals surface area contributed by atoms with E-state index in [-0.39, 0.29) is 6.10 Å². The van der Waals surface area contributed by atoms with Crippen LogP contribution in [0.15, 0.2) is 35.9 Å². The number of aliphatic hydroxyl groups excluding tert-OH is 1. The molecule has 16 heavy (non-hydrogen) atoms. The zero-order chi connectivity index (χ0) is 12.0. The number of halogens is 1. The highest BCUT2D eigenvalue weighted by Crippen LogP contribution is 2.18. The van der Waals surface area contributed by atoms with Crippen LogP contribution in [-0.2, 0) is 6.42 Å². The van der Waals surface area contributed by atoms with Gasteiger partial charge in [-0.3, -0.25) is 0 Å². The Balaban J connectivity index is 2.51. The lowest BCUT2D eigenvalue weighted by molar-refractivity contribution is 0.186. The van der Waals surface area contributed by atoms with Gasteiger partial charge in [0.05, 0.1) is 6.10 Å². The molecule has 2 heteroatoms. The van der Waals surface area contributed by atoms with E-state index in [1.54, 1.807) is 0 Å². The minimum Gasteiger partial charge on any atom is -0.393 e. The van der Waals surface area contributed by atoms with E-state index in [4.69, 9.17) is 16.7 Å². The van der Waals surface area contributed by atoms with Crippen LogP contribution in [0.1, 0.15) is 32.3 Å². The first kappa shape index (κ1) is 13.3. The van der Waals surface area contributed by atoms with Gasteiger partial charge in [-0.15, -0.1) is 0 Å². The summed E-state index contributed by atoms with van der Waals surface area (Å²) in [7, 11) is 0. The van der Waals surface area contributed by atoms with Crippen LogP contribution in [0.25, 0.3) is 0 Å². The summed E-state index contributed by atoms with van der Waals surface area (Å²) in [5, 5.41) is 9.97. The van der Waals surface area contributed by atoms with E-state index in [1.165, 1.54) is 5.57 Å². The smallest absolute Gasteiger partial charge is 0.0515 e. The molecule has 0 aromatic heterocycles. The van der Waals surface area contributed by atoms with Gasteiger partial charge in [0, 0.05) is 5.02 Å². The lowest BCUT2D eigenvalue weighted by Crippen LogP contribution is -1.97. The summed E-state index contributed by atoms with van der Waals surface area (Å²) >= 11 is 6.09. The van der Waals surface area contributed by atoms with Crippen LogP contribution in [0, 0.1) is 0 Å². The van der Waals surface area contributed by atoms with E-state index >= 15 is 0 Å². The fourth-order valence-corrected chi connectivity index (χ4v) is 1.79. The van der Waals surface area contributed by atoms with Crippen LogP contribution >= 0.6 is 11.6 Å². The Bertz CT molecular complexity index is 356. The van der Waals surface area contributed by atoms with Crippen molar-refractivity contribution in [1.29, 1.82) is 0 Å². The average molecular weight is 239 g/mol. The van der Waals surface area contributed by atoms with Gasteiger partial charge in [-0.2, -0.15) is 0 Å². The lowest BCUT2D eigenvalue weighted by atomic mass is 10.0. The lowest BCUT2D eigenvalue weighted by Gasteiger charge is -2.05. The number of benzene rings is 1. The maximum Gasteiger partial charge on any atom is 0.0515 e. The molecular weight excluding hydrogens is 220 g/mol. The second kappa shape index (κ2) is 6.72. The number of allylic oxidation sites excluding steroid dienone is 2. The molecule has 0 saturated heterocycles. The number of rotatable bonds is 5. The van der Waals surface area contributed by atoms with Crippen molar-refractivity contribution < 1.29 is 5.11 Å². The molecule has 1 rings (SSSR count). The highest BCUT2D eigenvalue weighted by molar-refractivity contribution is 6.31. The van der Waals surface area contributed by atoms with Crippen molar-refractivity contribution >= 4 is 11.6 Å². The maximum atomic E-state index is 9.15. The van der Waals surface area contributed by atoms with Gasteiger partial charge in [0.1, 0.15) is 0 Å². The van der Waals surface area contributed by atoms with Gasteiger partial charge in [0.15, 0.2) is 0 Å². The van der Waals surface area contributed by atoms with Crippen molar-refractivity contribution in [2.45, 2.75) is 39.2 Å². The molecule has 0 bridgehead atoms. The molecule has 0 spiro atoms. The first-order valence-corrected chi connectivity index (χ1v) is 6.04. The van der Waals surface area contributed by atoms with Crippen molar-refractivity contribution in [3.8, 4) is 0 Å². The van der Waals surface area contributed by atoms with Crippen molar-refractivity contribution in [1.82, 2.24) is 0 Å². The second-order valence-corrected chi connectivity index (χ2v) is 4.65. The number of aliphatic hydroxyl groups is 1. The molecule has 1 unspecified atom stereocenters. The summed E-state index contributed by atoms with van der Waals surface area (Å²) < 4.78 is 0. The molecule has 1 aromatic carbocycles. The van der Waals surface area contributed by atoms with Crippen LogP contribution in [-0.4, -0.2) is 11.2 Å². The van der Waals surface area contributed by atoms with E-state index in [1.807, 2.05) is 31.2 Å². The molecular formula is C14H19ClO. The van der Waals surface area contributed by atoms with Gasteiger partial charge in [0.25, 0.3) is 0 Å². The largest absolute Gasteiger partial charge is 0.393 e. The first-order valence-electron chi connectivity index (χ1n) is 5.66. The molecule has 0 saturated carbocycles. The second-order valence-electron chi connectivity index (χ2n) is 4.25. The summed E-state index contributed by atoms with van der Waals surface area (Å²) in [6, 6.07) is 7.91. The van der Waals surface area contributed by atoms with Crippen LogP contribution in [0.3, 0.4) is 0 Å². The predicted molar refractivity (Wildman–Crippen MR) is 69.8 cm³/mol. The molecule has 88 valence electrons. The summed E-state index contributed by atoms with van der Waals surface area (Å²) in [5.41, 5.74) is 2.46. The van der Waals surface area contributed by atoms with Crippen molar-refractivity contribution in [3.63, 3.8) is 0 Å². The third-order valence-electron chi connectivity index (χ3n) is 2.50. The zero-order valence-corrected chi connectivity index (χ0v) is 10.7. The molecule has 0 heterocycles. The Morgan fingerprint density at radius 3 is 2.75 bits per heavy atom. The van der Waals surface area contributed by atoms with Crippen molar-refractivity contribution in [3.05, 3.63) is 46.5 Å². The first-order chi connectivity index (χ1) is 7.59. The van der Waals surface area contributed by atoms with E-state index in [0.717, 1.165) is 29.8 Å². The normalized spacial score (nSPS) is 13.9. The van der Waals surface area contributed by atoms with Gasteiger partial charge in [-0.1, -0.05) is 41.4 Å². The summed E-state index contributed by atoms with van der Waals surface area (Å²) in [6.07, 6.45) is 4.59. The summed E-state index contributed by atoms with van der Waals surface area (Å²) in [6.45, 7) is 3.92. The quantitative estimate of drug-likeness (QED) is 0.769. The van der Waals surface area contributed by atoms with Gasteiger partial charge < -0.3 is 5.11 Å². The molecule has 0 aliphatic rings. The topological polar surface area (TPSA) is 20.2 Å². The minimum atomic E-state index is -0.218. The molecule has 0 aliphatic carbocycles. The van der Waals surface area contributed by atoms with Crippen LogP contribution in [0.2, 0.25) is 5.02 Å². The monoisotopic (exact) mass is 238 g/mol. The van der Waals surface area contributed by atoms with Gasteiger partial charge in [-0.05, 0) is 44.7 Å². The molecule has 0 aliphatic heterocycles. The number of hydrogen-bond acceptors (Lipinski definition) is 1. The fourth-order valence-electron chi connectivity index (χ4n) is 1.59. The van der Waals surface area contributed by atoms with Crippen molar-refractivity contribution in [2.24, 2.45) is 0 Å². The van der Waals surface area contributed by atoms with Crippen molar-refractivity contribution in [2.75, 3.05) is 0 Å². The van der Waals surface area contributed by atoms with Crippen LogP contribution in [0.4, 0.5) is 0 Å². The Kier molecular flexibility index (Phi) is 5.58. The molecule has 0 amide bonds. The molecule has 1 nitrogen and oxygen atoms in total. The SMILES string of the molecule is C/C(=C\CCC(C)O)Cc1ccccc1Cl. The van der Waals surface area contributed by atoms with E-state index < -0.39 is 0 Å². The standard InChI is InChI=1S/C14H19ClO/c1-11(6-5-7-12(2)16)10-13-8-3-4-9-14(13)15/h3-4,6,8-9,12,16H,5,7,10H2,1-2H3/b11-6+. The maximum absolute atomic E-state index is 9.15. The molecule has 1 N–H and O–H groups in total. The molecule has 0 fully saturated rings. The Hall–Kier alpha value is -0.790.